The number of hydrogen-bond donors (Lipinski definition) is 0. The second-order valence-electron chi connectivity index (χ2n) is 11.5. The molecule has 48 heavy (non-hydrogen) atoms. The standard InChI is InChI=1S/C45H29N3/c1-2-13-35-29-38(27-24-30(35)10-1)44-46-43(47-45(48-44)42-21-9-15-33-12-4-6-19-41(33)42)37-17-7-16-36(28-37)31-22-25-34(26-23-31)40-20-8-14-32-11-3-5-18-39(32)40/h1-29H/i1D,2D,10D,13D,24D,27D,29D. The zero-order valence-corrected chi connectivity index (χ0v) is 25.5. The van der Waals surface area contributed by atoms with Crippen LogP contribution in [0.3, 0.4) is 0 Å². The lowest BCUT2D eigenvalue weighted by atomic mass is 9.96. The highest BCUT2D eigenvalue weighted by Gasteiger charge is 2.15. The van der Waals surface area contributed by atoms with Gasteiger partial charge in [-0.25, -0.2) is 15.0 Å². The van der Waals surface area contributed by atoms with Crippen molar-refractivity contribution in [1.29, 1.82) is 0 Å². The van der Waals surface area contributed by atoms with Crippen LogP contribution in [0.15, 0.2) is 176 Å². The fraction of sp³-hybridized carbons (Fsp3) is 0. The van der Waals surface area contributed by atoms with E-state index >= 15 is 0 Å². The maximum atomic E-state index is 9.22. The van der Waals surface area contributed by atoms with Crippen molar-refractivity contribution in [2.24, 2.45) is 0 Å². The number of benzene rings is 8. The molecule has 0 atom stereocenters. The minimum Gasteiger partial charge on any atom is -0.208 e. The van der Waals surface area contributed by atoms with Gasteiger partial charge in [0.05, 0.1) is 9.60 Å². The van der Waals surface area contributed by atoms with E-state index in [9.17, 15) is 1.37 Å². The summed E-state index contributed by atoms with van der Waals surface area (Å²) in [5, 5.41) is 3.87. The highest BCUT2D eigenvalue weighted by molar-refractivity contribution is 5.97. The number of hydrogen-bond acceptors (Lipinski definition) is 3. The Hall–Kier alpha value is -6.45. The van der Waals surface area contributed by atoms with Crippen LogP contribution < -0.4 is 0 Å². The Morgan fingerprint density at radius 2 is 0.917 bits per heavy atom. The third-order valence-corrected chi connectivity index (χ3v) is 8.58. The van der Waals surface area contributed by atoms with Crippen LogP contribution in [-0.4, -0.2) is 15.0 Å². The molecule has 0 unspecified atom stereocenters. The molecular formula is C45H29N3. The zero-order chi connectivity index (χ0) is 38.0. The van der Waals surface area contributed by atoms with E-state index in [2.05, 4.69) is 54.6 Å². The smallest absolute Gasteiger partial charge is 0.164 e. The number of aromatic nitrogens is 3. The van der Waals surface area contributed by atoms with Crippen molar-refractivity contribution in [2.45, 2.75) is 0 Å². The van der Waals surface area contributed by atoms with Crippen molar-refractivity contribution >= 4 is 32.3 Å². The Kier molecular flexibility index (Phi) is 5.22. The zero-order valence-electron chi connectivity index (χ0n) is 32.5. The molecule has 0 bridgehead atoms. The minimum absolute atomic E-state index is 0.0458. The fourth-order valence-corrected chi connectivity index (χ4v) is 6.21. The average Bonchev–Trinajstić information content (AvgIpc) is 3.23. The third-order valence-electron chi connectivity index (χ3n) is 8.58. The van der Waals surface area contributed by atoms with Gasteiger partial charge < -0.3 is 0 Å². The third kappa shape index (κ3) is 5.08. The van der Waals surface area contributed by atoms with Gasteiger partial charge in [-0.3, -0.25) is 0 Å². The molecule has 0 radical (unpaired) electrons. The molecule has 0 aliphatic heterocycles. The molecule has 0 saturated heterocycles. The van der Waals surface area contributed by atoms with Gasteiger partial charge in [-0.1, -0.05) is 164 Å². The van der Waals surface area contributed by atoms with Gasteiger partial charge in [0.15, 0.2) is 17.5 Å². The van der Waals surface area contributed by atoms with Crippen LogP contribution in [0.5, 0.6) is 0 Å². The molecule has 0 fully saturated rings. The van der Waals surface area contributed by atoms with Crippen LogP contribution in [0.4, 0.5) is 0 Å². The number of fused-ring (bicyclic) bond motifs is 3. The molecule has 224 valence electrons. The minimum atomic E-state index is -0.527. The van der Waals surface area contributed by atoms with E-state index in [1.165, 1.54) is 10.8 Å². The SMILES string of the molecule is [2H]c1c([2H])c([2H])c2c([2H])c(-c3nc(-c4cccc(-c5ccc(-c6cccc7ccccc67)cc5)c4)nc(-c4cccc5ccccc45)n3)c([2H])c([2H])c2c1[2H]. The molecular weight excluding hydrogens is 583 g/mol. The molecule has 0 saturated carbocycles. The first-order chi connectivity index (χ1) is 26.7. The second kappa shape index (κ2) is 11.7. The Balaban J connectivity index is 1.22. The Morgan fingerprint density at radius 1 is 0.354 bits per heavy atom. The van der Waals surface area contributed by atoms with Crippen LogP contribution in [0.2, 0.25) is 0 Å². The molecule has 1 aromatic heterocycles. The summed E-state index contributed by atoms with van der Waals surface area (Å²) in [4.78, 5) is 14.6. The summed E-state index contributed by atoms with van der Waals surface area (Å²) >= 11 is 0. The molecule has 3 nitrogen and oxygen atoms in total. The van der Waals surface area contributed by atoms with E-state index in [1.54, 1.807) is 0 Å². The fourth-order valence-electron chi connectivity index (χ4n) is 6.21. The summed E-state index contributed by atoms with van der Waals surface area (Å²) in [6.45, 7) is 0. The van der Waals surface area contributed by atoms with E-state index in [0.717, 1.165) is 33.0 Å². The molecule has 3 heteroatoms. The molecule has 9 rings (SSSR count). The van der Waals surface area contributed by atoms with Crippen molar-refractivity contribution in [3.8, 4) is 56.4 Å². The molecule has 0 aliphatic rings. The van der Waals surface area contributed by atoms with Crippen molar-refractivity contribution in [3.05, 3.63) is 176 Å². The van der Waals surface area contributed by atoms with Gasteiger partial charge in [-0.15, -0.1) is 0 Å². The molecule has 8 aromatic carbocycles. The monoisotopic (exact) mass is 618 g/mol. The maximum absolute atomic E-state index is 9.22. The topological polar surface area (TPSA) is 38.7 Å². The Labute approximate surface area is 288 Å². The van der Waals surface area contributed by atoms with Gasteiger partial charge in [0.1, 0.15) is 0 Å². The molecule has 0 aliphatic carbocycles. The molecule has 1 heterocycles. The summed E-state index contributed by atoms with van der Waals surface area (Å²) in [5.74, 6) is 0.528. The highest BCUT2D eigenvalue weighted by atomic mass is 15.0. The van der Waals surface area contributed by atoms with Crippen LogP contribution in [0.1, 0.15) is 9.60 Å². The normalized spacial score (nSPS) is 13.4. The van der Waals surface area contributed by atoms with E-state index in [1.807, 2.05) is 78.9 Å². The number of rotatable bonds is 5. The summed E-state index contributed by atoms with van der Waals surface area (Å²) in [7, 11) is 0. The van der Waals surface area contributed by atoms with Crippen LogP contribution >= 0.6 is 0 Å². The van der Waals surface area contributed by atoms with Gasteiger partial charge in [0, 0.05) is 16.7 Å². The average molecular weight is 619 g/mol. The van der Waals surface area contributed by atoms with E-state index < -0.39 is 36.3 Å². The quantitative estimate of drug-likeness (QED) is 0.193. The van der Waals surface area contributed by atoms with Gasteiger partial charge in [-0.2, -0.15) is 0 Å². The van der Waals surface area contributed by atoms with E-state index in [-0.39, 0.29) is 34.0 Å². The van der Waals surface area contributed by atoms with E-state index in [0.29, 0.717) is 17.0 Å². The molecule has 0 amide bonds. The van der Waals surface area contributed by atoms with Crippen molar-refractivity contribution in [2.75, 3.05) is 0 Å². The van der Waals surface area contributed by atoms with Gasteiger partial charge in [-0.05, 0) is 66.7 Å². The first-order valence-corrected chi connectivity index (χ1v) is 15.6. The van der Waals surface area contributed by atoms with Crippen LogP contribution in [-0.2, 0) is 0 Å². The van der Waals surface area contributed by atoms with Crippen molar-refractivity contribution in [3.63, 3.8) is 0 Å². The summed E-state index contributed by atoms with van der Waals surface area (Å²) in [6.07, 6.45) is 0. The highest BCUT2D eigenvalue weighted by Crippen LogP contribution is 2.34. The van der Waals surface area contributed by atoms with Gasteiger partial charge >= 0.3 is 0 Å². The van der Waals surface area contributed by atoms with Crippen LogP contribution in [0.25, 0.3) is 88.7 Å². The summed E-state index contributed by atoms with van der Waals surface area (Å²) in [5.41, 5.74) is 5.41. The maximum Gasteiger partial charge on any atom is 0.164 e. The predicted molar refractivity (Wildman–Crippen MR) is 200 cm³/mol. The second-order valence-corrected chi connectivity index (χ2v) is 11.5. The van der Waals surface area contributed by atoms with Crippen molar-refractivity contribution in [1.82, 2.24) is 15.0 Å². The predicted octanol–water partition coefficient (Wildman–Crippen LogP) is 11.7. The van der Waals surface area contributed by atoms with E-state index in [4.69, 9.17) is 23.2 Å². The summed E-state index contributed by atoms with van der Waals surface area (Å²) < 4.78 is 60.7. The lowest BCUT2D eigenvalue weighted by Gasteiger charge is -2.12. The molecule has 0 spiro atoms. The van der Waals surface area contributed by atoms with Crippen LogP contribution in [0, 0.1) is 0 Å². The lowest BCUT2D eigenvalue weighted by Crippen LogP contribution is -2.00. The molecule has 9 aromatic rings. The van der Waals surface area contributed by atoms with Crippen molar-refractivity contribution < 1.29 is 9.60 Å². The first-order valence-electron chi connectivity index (χ1n) is 19.1. The van der Waals surface area contributed by atoms with Gasteiger partial charge in [0.25, 0.3) is 0 Å². The first kappa shape index (κ1) is 21.4. The number of nitrogens with zero attached hydrogens (tertiary/aromatic N) is 3. The Morgan fingerprint density at radius 3 is 1.69 bits per heavy atom. The lowest BCUT2D eigenvalue weighted by molar-refractivity contribution is 1.08. The Bertz CT molecular complexity index is 3010. The summed E-state index contributed by atoms with van der Waals surface area (Å²) in [6, 6.07) is 41.3. The molecule has 0 N–H and O–H groups in total. The van der Waals surface area contributed by atoms with Gasteiger partial charge in [0.2, 0.25) is 0 Å². The largest absolute Gasteiger partial charge is 0.208 e.